The molecule has 1 amide bonds. The first-order valence-electron chi connectivity index (χ1n) is 4.98. The molecule has 2 aromatic rings. The first kappa shape index (κ1) is 10.4. The van der Waals surface area contributed by atoms with Crippen LogP contribution in [0.5, 0.6) is 0 Å². The van der Waals surface area contributed by atoms with E-state index in [0.29, 0.717) is 0 Å². The first-order chi connectivity index (χ1) is 7.61. The maximum absolute atomic E-state index is 11.2. The second-order valence-electron chi connectivity index (χ2n) is 3.63. The summed E-state index contributed by atoms with van der Waals surface area (Å²) in [5.41, 5.74) is 2.74. The molecule has 0 saturated heterocycles. The van der Waals surface area contributed by atoms with E-state index in [1.54, 1.807) is 4.68 Å². The van der Waals surface area contributed by atoms with Gasteiger partial charge in [-0.05, 0) is 31.2 Å². The SMILES string of the molecule is C=CC(=O)Nc1ccc2c(C)nn(C)c2c1. The van der Waals surface area contributed by atoms with Crippen molar-refractivity contribution in [1.29, 1.82) is 0 Å². The number of anilines is 1. The fourth-order valence-electron chi connectivity index (χ4n) is 1.71. The number of fused-ring (bicyclic) bond motifs is 1. The van der Waals surface area contributed by atoms with Crippen molar-refractivity contribution >= 4 is 22.5 Å². The minimum Gasteiger partial charge on any atom is -0.322 e. The molecule has 0 spiro atoms. The van der Waals surface area contributed by atoms with E-state index >= 15 is 0 Å². The third-order valence-corrected chi connectivity index (χ3v) is 2.49. The Balaban J connectivity index is 2.47. The number of amides is 1. The van der Waals surface area contributed by atoms with Crippen LogP contribution in [0.2, 0.25) is 0 Å². The summed E-state index contributed by atoms with van der Waals surface area (Å²) in [5.74, 6) is -0.210. The Morgan fingerprint density at radius 3 is 3.00 bits per heavy atom. The van der Waals surface area contributed by atoms with E-state index in [4.69, 9.17) is 0 Å². The molecule has 0 saturated carbocycles. The topological polar surface area (TPSA) is 46.9 Å². The highest BCUT2D eigenvalue weighted by Gasteiger charge is 2.05. The lowest BCUT2D eigenvalue weighted by atomic mass is 10.2. The molecule has 4 heteroatoms. The van der Waals surface area contributed by atoms with Gasteiger partial charge in [-0.3, -0.25) is 9.48 Å². The number of rotatable bonds is 2. The van der Waals surface area contributed by atoms with Gasteiger partial charge >= 0.3 is 0 Å². The van der Waals surface area contributed by atoms with Gasteiger partial charge in [0.1, 0.15) is 0 Å². The molecule has 0 radical (unpaired) electrons. The molecule has 1 aromatic heterocycles. The van der Waals surface area contributed by atoms with Crippen LogP contribution in [0.1, 0.15) is 5.69 Å². The lowest BCUT2D eigenvalue weighted by Crippen LogP contribution is -2.07. The molecule has 1 aromatic carbocycles. The second kappa shape index (κ2) is 3.81. The van der Waals surface area contributed by atoms with Crippen molar-refractivity contribution in [3.8, 4) is 0 Å². The molecule has 1 heterocycles. The molecule has 1 N–H and O–H groups in total. The summed E-state index contributed by atoms with van der Waals surface area (Å²) in [7, 11) is 1.88. The van der Waals surface area contributed by atoms with Gasteiger partial charge in [0.2, 0.25) is 5.91 Å². The minimum absolute atomic E-state index is 0.210. The summed E-state index contributed by atoms with van der Waals surface area (Å²) < 4.78 is 1.80. The zero-order valence-electron chi connectivity index (χ0n) is 9.32. The Labute approximate surface area is 93.6 Å². The summed E-state index contributed by atoms with van der Waals surface area (Å²) in [6.07, 6.45) is 1.25. The van der Waals surface area contributed by atoms with Crippen LogP contribution in [0.15, 0.2) is 30.9 Å². The highest BCUT2D eigenvalue weighted by atomic mass is 16.1. The molecule has 0 atom stereocenters. The van der Waals surface area contributed by atoms with Gasteiger partial charge in [-0.15, -0.1) is 0 Å². The minimum atomic E-state index is -0.210. The van der Waals surface area contributed by atoms with Crippen LogP contribution in [0.25, 0.3) is 10.9 Å². The van der Waals surface area contributed by atoms with Crippen molar-refractivity contribution in [2.45, 2.75) is 6.92 Å². The molecule has 0 bridgehead atoms. The highest BCUT2D eigenvalue weighted by Crippen LogP contribution is 2.21. The second-order valence-corrected chi connectivity index (χ2v) is 3.63. The zero-order chi connectivity index (χ0) is 11.7. The summed E-state index contributed by atoms with van der Waals surface area (Å²) in [6.45, 7) is 5.37. The smallest absolute Gasteiger partial charge is 0.247 e. The molecule has 82 valence electrons. The number of nitrogens with zero attached hydrogens (tertiary/aromatic N) is 2. The van der Waals surface area contributed by atoms with Crippen LogP contribution in [-0.2, 0) is 11.8 Å². The van der Waals surface area contributed by atoms with Gasteiger partial charge in [0, 0.05) is 18.1 Å². The number of hydrogen-bond donors (Lipinski definition) is 1. The lowest BCUT2D eigenvalue weighted by molar-refractivity contribution is -0.111. The Morgan fingerprint density at radius 2 is 2.31 bits per heavy atom. The van der Waals surface area contributed by atoms with Crippen LogP contribution >= 0.6 is 0 Å². The number of hydrogen-bond acceptors (Lipinski definition) is 2. The third-order valence-electron chi connectivity index (χ3n) is 2.49. The zero-order valence-corrected chi connectivity index (χ0v) is 9.32. The van der Waals surface area contributed by atoms with Crippen molar-refractivity contribution < 1.29 is 4.79 Å². The molecular formula is C12H13N3O. The Morgan fingerprint density at radius 1 is 1.56 bits per heavy atom. The monoisotopic (exact) mass is 215 g/mol. The van der Waals surface area contributed by atoms with Crippen molar-refractivity contribution in [2.75, 3.05) is 5.32 Å². The summed E-state index contributed by atoms with van der Waals surface area (Å²) in [6, 6.07) is 5.71. The number of aryl methyl sites for hydroxylation is 2. The number of aromatic nitrogens is 2. The average molecular weight is 215 g/mol. The van der Waals surface area contributed by atoms with Gasteiger partial charge in [0.15, 0.2) is 0 Å². The molecule has 0 aliphatic heterocycles. The van der Waals surface area contributed by atoms with Crippen molar-refractivity contribution in [3.63, 3.8) is 0 Å². The van der Waals surface area contributed by atoms with Crippen LogP contribution < -0.4 is 5.32 Å². The van der Waals surface area contributed by atoms with E-state index < -0.39 is 0 Å². The number of nitrogens with one attached hydrogen (secondary N) is 1. The van der Waals surface area contributed by atoms with Crippen LogP contribution in [0.4, 0.5) is 5.69 Å². The Hall–Kier alpha value is -2.10. The van der Waals surface area contributed by atoms with E-state index in [9.17, 15) is 4.79 Å². The van der Waals surface area contributed by atoms with Gasteiger partial charge in [0.05, 0.1) is 11.2 Å². The van der Waals surface area contributed by atoms with E-state index in [1.165, 1.54) is 6.08 Å². The molecule has 2 rings (SSSR count). The quantitative estimate of drug-likeness (QED) is 0.779. The summed E-state index contributed by atoms with van der Waals surface area (Å²) in [5, 5.41) is 8.13. The van der Waals surface area contributed by atoms with E-state index in [2.05, 4.69) is 17.0 Å². The van der Waals surface area contributed by atoms with Crippen molar-refractivity contribution in [1.82, 2.24) is 9.78 Å². The van der Waals surface area contributed by atoms with Crippen LogP contribution in [0, 0.1) is 6.92 Å². The maximum Gasteiger partial charge on any atom is 0.247 e. The van der Waals surface area contributed by atoms with Gasteiger partial charge in [-0.2, -0.15) is 5.10 Å². The van der Waals surface area contributed by atoms with Gasteiger partial charge in [-0.1, -0.05) is 6.58 Å². The largest absolute Gasteiger partial charge is 0.322 e. The fourth-order valence-corrected chi connectivity index (χ4v) is 1.71. The van der Waals surface area contributed by atoms with E-state index in [1.807, 2.05) is 32.2 Å². The molecule has 16 heavy (non-hydrogen) atoms. The fraction of sp³-hybridized carbons (Fsp3) is 0.167. The Bertz CT molecular complexity index is 569. The predicted octanol–water partition coefficient (Wildman–Crippen LogP) is 2.01. The van der Waals surface area contributed by atoms with Gasteiger partial charge in [0.25, 0.3) is 0 Å². The molecule has 0 unspecified atom stereocenters. The van der Waals surface area contributed by atoms with Crippen LogP contribution in [0.3, 0.4) is 0 Å². The predicted molar refractivity (Wildman–Crippen MR) is 64.3 cm³/mol. The molecule has 0 aliphatic rings. The highest BCUT2D eigenvalue weighted by molar-refractivity contribution is 6.00. The number of carbonyl (C=O) groups is 1. The van der Waals surface area contributed by atoms with Crippen LogP contribution in [-0.4, -0.2) is 15.7 Å². The maximum atomic E-state index is 11.2. The number of carbonyl (C=O) groups excluding carboxylic acids is 1. The Kier molecular flexibility index (Phi) is 2.48. The average Bonchev–Trinajstić information content (AvgIpc) is 2.54. The molecule has 4 nitrogen and oxygen atoms in total. The summed E-state index contributed by atoms with van der Waals surface area (Å²) in [4.78, 5) is 11.2. The third kappa shape index (κ3) is 1.69. The lowest BCUT2D eigenvalue weighted by Gasteiger charge is -2.02. The molecule has 0 aliphatic carbocycles. The van der Waals surface area contributed by atoms with Crippen molar-refractivity contribution in [2.24, 2.45) is 7.05 Å². The van der Waals surface area contributed by atoms with Gasteiger partial charge in [-0.25, -0.2) is 0 Å². The molecule has 0 fully saturated rings. The van der Waals surface area contributed by atoms with E-state index in [-0.39, 0.29) is 5.91 Å². The van der Waals surface area contributed by atoms with Crippen molar-refractivity contribution in [3.05, 3.63) is 36.5 Å². The van der Waals surface area contributed by atoms with Gasteiger partial charge < -0.3 is 5.32 Å². The van der Waals surface area contributed by atoms with E-state index in [0.717, 1.165) is 22.3 Å². The molecular weight excluding hydrogens is 202 g/mol. The number of benzene rings is 1. The summed E-state index contributed by atoms with van der Waals surface area (Å²) >= 11 is 0. The standard InChI is InChI=1S/C12H13N3O/c1-4-12(16)13-9-5-6-10-8(2)14-15(3)11(10)7-9/h4-7H,1H2,2-3H3,(H,13,16). The first-order valence-corrected chi connectivity index (χ1v) is 4.98. The normalized spacial score (nSPS) is 10.4.